The number of ether oxygens (including phenoxy) is 1. The van der Waals surface area contributed by atoms with E-state index in [1.54, 1.807) is 18.4 Å². The van der Waals surface area contributed by atoms with Gasteiger partial charge in [-0.05, 0) is 38.5 Å². The molecule has 1 heterocycles. The number of nitrogens with one attached hydrogen (secondary N) is 2. The molecule has 0 amide bonds. The Kier molecular flexibility index (Phi) is 6.40. The van der Waals surface area contributed by atoms with Crippen LogP contribution in [0.4, 0.5) is 0 Å². The second kappa shape index (κ2) is 8.53. The lowest BCUT2D eigenvalue weighted by Crippen LogP contribution is -2.36. The Morgan fingerprint density at radius 2 is 2.04 bits per heavy atom. The van der Waals surface area contributed by atoms with Gasteiger partial charge in [0.05, 0.1) is 23.9 Å². The zero-order valence-electron chi connectivity index (χ0n) is 14.1. The number of rotatable bonds is 6. The number of aliphatic imine (C=N–C) groups is 1. The van der Waals surface area contributed by atoms with Gasteiger partial charge >= 0.3 is 0 Å². The summed E-state index contributed by atoms with van der Waals surface area (Å²) in [6.45, 7) is 8.15. The normalized spacial score (nSPS) is 11.4. The highest BCUT2D eigenvalue weighted by Gasteiger charge is 2.06. The number of hydrogen-bond acceptors (Lipinski definition) is 4. The lowest BCUT2D eigenvalue weighted by molar-refractivity contribution is 0.340. The lowest BCUT2D eigenvalue weighted by atomic mass is 10.2. The first-order chi connectivity index (χ1) is 11.1. The van der Waals surface area contributed by atoms with Crippen molar-refractivity contribution in [2.24, 2.45) is 4.99 Å². The van der Waals surface area contributed by atoms with Crippen molar-refractivity contribution in [3.8, 4) is 5.75 Å². The summed E-state index contributed by atoms with van der Waals surface area (Å²) in [5.74, 6) is 1.67. The summed E-state index contributed by atoms with van der Waals surface area (Å²) >= 11 is 1.72. The van der Waals surface area contributed by atoms with Gasteiger partial charge in [0.15, 0.2) is 5.96 Å². The second-order valence-corrected chi connectivity index (χ2v) is 6.39. The molecule has 2 rings (SSSR count). The van der Waals surface area contributed by atoms with Crippen LogP contribution in [0.1, 0.15) is 28.1 Å². The summed E-state index contributed by atoms with van der Waals surface area (Å²) in [6, 6.07) is 8.08. The van der Waals surface area contributed by atoms with Crippen molar-refractivity contribution in [2.75, 3.05) is 13.7 Å². The highest BCUT2D eigenvalue weighted by Crippen LogP contribution is 2.16. The predicted octanol–water partition coefficient (Wildman–Crippen LogP) is 3.02. The molecular formula is C17H24N4OS. The highest BCUT2D eigenvalue weighted by molar-refractivity contribution is 7.11. The van der Waals surface area contributed by atoms with E-state index in [0.29, 0.717) is 13.2 Å². The van der Waals surface area contributed by atoms with Crippen molar-refractivity contribution in [3.05, 3.63) is 45.4 Å². The fourth-order valence-electron chi connectivity index (χ4n) is 2.22. The van der Waals surface area contributed by atoms with Gasteiger partial charge < -0.3 is 15.4 Å². The van der Waals surface area contributed by atoms with E-state index in [0.717, 1.165) is 34.5 Å². The Hall–Kier alpha value is -2.08. The number of benzene rings is 1. The number of guanidine groups is 1. The number of aryl methyl sites for hydroxylation is 2. The van der Waals surface area contributed by atoms with Crippen LogP contribution in [0.15, 0.2) is 29.3 Å². The maximum atomic E-state index is 5.52. The molecule has 0 saturated heterocycles. The predicted molar refractivity (Wildman–Crippen MR) is 96.2 cm³/mol. The van der Waals surface area contributed by atoms with E-state index < -0.39 is 0 Å². The number of nitrogens with zero attached hydrogens (tertiary/aromatic N) is 2. The molecule has 2 aromatic rings. The van der Waals surface area contributed by atoms with E-state index in [2.05, 4.69) is 26.7 Å². The van der Waals surface area contributed by atoms with E-state index in [1.165, 1.54) is 4.88 Å². The third-order valence-electron chi connectivity index (χ3n) is 3.31. The van der Waals surface area contributed by atoms with Crippen LogP contribution in [-0.2, 0) is 13.1 Å². The minimum atomic E-state index is 0.674. The monoisotopic (exact) mass is 332 g/mol. The summed E-state index contributed by atoms with van der Waals surface area (Å²) in [7, 11) is 1.77. The van der Waals surface area contributed by atoms with E-state index >= 15 is 0 Å². The van der Waals surface area contributed by atoms with Crippen LogP contribution in [-0.4, -0.2) is 24.6 Å². The number of thiazole rings is 1. The first kappa shape index (κ1) is 17.3. The van der Waals surface area contributed by atoms with E-state index in [9.17, 15) is 0 Å². The molecule has 1 aromatic heterocycles. The van der Waals surface area contributed by atoms with Gasteiger partial charge in [-0.25, -0.2) is 4.98 Å². The first-order valence-corrected chi connectivity index (χ1v) is 8.53. The molecule has 0 bridgehead atoms. The van der Waals surface area contributed by atoms with Crippen molar-refractivity contribution < 1.29 is 4.74 Å². The molecule has 0 aliphatic rings. The summed E-state index contributed by atoms with van der Waals surface area (Å²) in [6.07, 6.45) is 0. The molecule has 0 saturated carbocycles. The standard InChI is InChI=1S/C17H24N4OS/c1-5-22-15-8-6-7-14(9-15)10-19-17(18-4)20-11-16-12(2)21-13(3)23-16/h6-9H,5,10-11H2,1-4H3,(H2,18,19,20). The zero-order valence-corrected chi connectivity index (χ0v) is 15.0. The molecule has 2 N–H and O–H groups in total. The molecule has 6 heteroatoms. The fraction of sp³-hybridized carbons (Fsp3) is 0.412. The Morgan fingerprint density at radius 1 is 1.26 bits per heavy atom. The molecule has 0 spiro atoms. The summed E-state index contributed by atoms with van der Waals surface area (Å²) < 4.78 is 5.52. The largest absolute Gasteiger partial charge is 0.494 e. The minimum absolute atomic E-state index is 0.674. The van der Waals surface area contributed by atoms with Crippen molar-refractivity contribution >= 4 is 17.3 Å². The molecule has 0 fully saturated rings. The van der Waals surface area contributed by atoms with Crippen molar-refractivity contribution in [3.63, 3.8) is 0 Å². The highest BCUT2D eigenvalue weighted by atomic mass is 32.1. The van der Waals surface area contributed by atoms with Crippen LogP contribution < -0.4 is 15.4 Å². The average Bonchev–Trinajstić information content (AvgIpc) is 2.86. The van der Waals surface area contributed by atoms with Gasteiger partial charge in [0.25, 0.3) is 0 Å². The second-order valence-electron chi connectivity index (χ2n) is 5.10. The SMILES string of the molecule is CCOc1cccc(CNC(=NC)NCc2sc(C)nc2C)c1. The van der Waals surface area contributed by atoms with Gasteiger partial charge in [0, 0.05) is 18.5 Å². The van der Waals surface area contributed by atoms with Crippen LogP contribution in [0.25, 0.3) is 0 Å². The molecule has 5 nitrogen and oxygen atoms in total. The Balaban J connectivity index is 1.88. The van der Waals surface area contributed by atoms with Crippen molar-refractivity contribution in [1.82, 2.24) is 15.6 Å². The van der Waals surface area contributed by atoms with Gasteiger partial charge in [0.2, 0.25) is 0 Å². The summed E-state index contributed by atoms with van der Waals surface area (Å²) in [4.78, 5) is 9.94. The topological polar surface area (TPSA) is 58.5 Å². The van der Waals surface area contributed by atoms with Crippen LogP contribution >= 0.6 is 11.3 Å². The third kappa shape index (κ3) is 5.25. The van der Waals surface area contributed by atoms with Crippen molar-refractivity contribution in [2.45, 2.75) is 33.9 Å². The van der Waals surface area contributed by atoms with Gasteiger partial charge in [0.1, 0.15) is 5.75 Å². The van der Waals surface area contributed by atoms with E-state index in [1.807, 2.05) is 39.0 Å². The van der Waals surface area contributed by atoms with E-state index in [4.69, 9.17) is 4.74 Å². The number of hydrogen-bond donors (Lipinski definition) is 2. The fourth-order valence-corrected chi connectivity index (χ4v) is 3.10. The van der Waals surface area contributed by atoms with Gasteiger partial charge in [-0.1, -0.05) is 12.1 Å². The lowest BCUT2D eigenvalue weighted by Gasteiger charge is -2.12. The molecule has 23 heavy (non-hydrogen) atoms. The zero-order chi connectivity index (χ0) is 16.7. The molecule has 0 atom stereocenters. The maximum absolute atomic E-state index is 5.52. The first-order valence-electron chi connectivity index (χ1n) is 7.71. The summed E-state index contributed by atoms with van der Waals surface area (Å²) in [5.41, 5.74) is 2.24. The average molecular weight is 332 g/mol. The van der Waals surface area contributed by atoms with E-state index in [-0.39, 0.29) is 0 Å². The maximum Gasteiger partial charge on any atom is 0.191 e. The molecule has 0 radical (unpaired) electrons. The van der Waals surface area contributed by atoms with Gasteiger partial charge in [-0.15, -0.1) is 11.3 Å². The van der Waals surface area contributed by atoms with Crippen LogP contribution in [0.2, 0.25) is 0 Å². The molecule has 124 valence electrons. The Bertz CT molecular complexity index is 666. The Labute approximate surface area is 141 Å². The molecule has 1 aromatic carbocycles. The summed E-state index contributed by atoms with van der Waals surface area (Å²) in [5, 5.41) is 7.74. The van der Waals surface area contributed by atoms with Gasteiger partial charge in [-0.3, -0.25) is 4.99 Å². The van der Waals surface area contributed by atoms with Crippen LogP contribution in [0, 0.1) is 13.8 Å². The number of aromatic nitrogens is 1. The molecular weight excluding hydrogens is 308 g/mol. The molecule has 0 aliphatic heterocycles. The quantitative estimate of drug-likeness (QED) is 0.631. The van der Waals surface area contributed by atoms with Crippen LogP contribution in [0.5, 0.6) is 5.75 Å². The smallest absolute Gasteiger partial charge is 0.191 e. The van der Waals surface area contributed by atoms with Gasteiger partial charge in [-0.2, -0.15) is 0 Å². The third-order valence-corrected chi connectivity index (χ3v) is 4.38. The molecule has 0 aliphatic carbocycles. The minimum Gasteiger partial charge on any atom is -0.494 e. The van der Waals surface area contributed by atoms with Crippen LogP contribution in [0.3, 0.4) is 0 Å². The van der Waals surface area contributed by atoms with Crippen molar-refractivity contribution in [1.29, 1.82) is 0 Å². The molecule has 0 unspecified atom stereocenters. The Morgan fingerprint density at radius 3 is 2.70 bits per heavy atom.